The minimum absolute atomic E-state index is 0.286. The van der Waals surface area contributed by atoms with Crippen LogP contribution in [0.2, 0.25) is 0 Å². The third-order valence-corrected chi connectivity index (χ3v) is 5.14. The fourth-order valence-corrected chi connectivity index (χ4v) is 3.56. The van der Waals surface area contributed by atoms with Gasteiger partial charge in [0.15, 0.2) is 5.95 Å². The highest BCUT2D eigenvalue weighted by Crippen LogP contribution is 2.22. The van der Waals surface area contributed by atoms with Crippen molar-refractivity contribution in [2.45, 2.75) is 38.8 Å². The standard InChI is InChI=1S/C23H28F2N4/c1-17-22(15-20(24)21(27-17)9-5-6-10-23(25)26)28-19-11-13-29(14-12-19)16-18-7-3-2-4-8-18/h2-8,10,15,19,28H,9,11-14,16,26H2,1H3/b6-5-,23-10-. The van der Waals surface area contributed by atoms with Crippen LogP contribution in [0.1, 0.15) is 29.8 Å². The first kappa shape index (κ1) is 21.0. The molecule has 0 saturated carbocycles. The third-order valence-electron chi connectivity index (χ3n) is 5.14. The predicted octanol–water partition coefficient (Wildman–Crippen LogP) is 4.47. The Morgan fingerprint density at radius 3 is 2.69 bits per heavy atom. The monoisotopic (exact) mass is 398 g/mol. The van der Waals surface area contributed by atoms with Crippen molar-refractivity contribution in [2.24, 2.45) is 5.73 Å². The van der Waals surface area contributed by atoms with Crippen molar-refractivity contribution in [2.75, 3.05) is 18.4 Å². The van der Waals surface area contributed by atoms with Crippen molar-refractivity contribution >= 4 is 5.69 Å². The molecule has 0 bridgehead atoms. The van der Waals surface area contributed by atoms with E-state index in [0.29, 0.717) is 11.7 Å². The van der Waals surface area contributed by atoms with E-state index in [-0.39, 0.29) is 12.2 Å². The van der Waals surface area contributed by atoms with Gasteiger partial charge in [0, 0.05) is 38.2 Å². The van der Waals surface area contributed by atoms with Crippen molar-refractivity contribution in [3.8, 4) is 0 Å². The second-order valence-electron chi connectivity index (χ2n) is 7.41. The first-order valence-corrected chi connectivity index (χ1v) is 9.98. The van der Waals surface area contributed by atoms with Gasteiger partial charge in [-0.2, -0.15) is 4.39 Å². The Labute approximate surface area is 171 Å². The summed E-state index contributed by atoms with van der Waals surface area (Å²) >= 11 is 0. The van der Waals surface area contributed by atoms with Crippen LogP contribution in [-0.4, -0.2) is 29.0 Å². The number of hydrogen-bond acceptors (Lipinski definition) is 4. The molecule has 0 spiro atoms. The number of halogens is 2. The van der Waals surface area contributed by atoms with E-state index in [2.05, 4.69) is 39.5 Å². The molecule has 29 heavy (non-hydrogen) atoms. The van der Waals surface area contributed by atoms with Crippen LogP contribution < -0.4 is 11.1 Å². The SMILES string of the molecule is Cc1nc(C/C=C\C=C(/N)F)c(F)cc1NC1CCN(Cc2ccccc2)CC1. The number of nitrogens with one attached hydrogen (secondary N) is 1. The second-order valence-corrected chi connectivity index (χ2v) is 7.41. The van der Waals surface area contributed by atoms with Crippen LogP contribution in [0.15, 0.2) is 60.6 Å². The number of piperidine rings is 1. The zero-order chi connectivity index (χ0) is 20.6. The van der Waals surface area contributed by atoms with E-state index >= 15 is 0 Å². The predicted molar refractivity (Wildman–Crippen MR) is 114 cm³/mol. The summed E-state index contributed by atoms with van der Waals surface area (Å²) in [7, 11) is 0. The number of nitrogens with two attached hydrogens (primary N) is 1. The van der Waals surface area contributed by atoms with E-state index in [1.54, 1.807) is 6.08 Å². The van der Waals surface area contributed by atoms with Gasteiger partial charge in [-0.25, -0.2) is 4.39 Å². The van der Waals surface area contributed by atoms with Crippen LogP contribution in [0, 0.1) is 12.7 Å². The maximum absolute atomic E-state index is 14.4. The smallest absolute Gasteiger partial charge is 0.184 e. The minimum Gasteiger partial charge on any atom is -0.381 e. The Morgan fingerprint density at radius 1 is 1.28 bits per heavy atom. The molecule has 1 saturated heterocycles. The van der Waals surface area contributed by atoms with Crippen LogP contribution >= 0.6 is 0 Å². The van der Waals surface area contributed by atoms with Gasteiger partial charge in [0.2, 0.25) is 0 Å². The molecule has 1 aromatic carbocycles. The molecule has 2 heterocycles. The summed E-state index contributed by atoms with van der Waals surface area (Å²) in [6.45, 7) is 4.86. The number of hydrogen-bond donors (Lipinski definition) is 2. The zero-order valence-corrected chi connectivity index (χ0v) is 16.7. The number of pyridine rings is 1. The average molecular weight is 399 g/mol. The van der Waals surface area contributed by atoms with E-state index in [1.807, 2.05) is 13.0 Å². The molecule has 2 aromatic rings. The van der Waals surface area contributed by atoms with Crippen LogP contribution in [0.4, 0.5) is 14.5 Å². The number of allylic oxidation sites excluding steroid dienone is 3. The maximum atomic E-state index is 14.4. The van der Waals surface area contributed by atoms with Gasteiger partial charge in [0.1, 0.15) is 5.82 Å². The highest BCUT2D eigenvalue weighted by Gasteiger charge is 2.20. The number of anilines is 1. The maximum Gasteiger partial charge on any atom is 0.184 e. The summed E-state index contributed by atoms with van der Waals surface area (Å²) in [5, 5.41) is 3.46. The van der Waals surface area contributed by atoms with E-state index in [4.69, 9.17) is 5.73 Å². The molecule has 6 heteroatoms. The van der Waals surface area contributed by atoms with E-state index in [1.165, 1.54) is 17.7 Å². The molecule has 4 nitrogen and oxygen atoms in total. The number of benzene rings is 1. The van der Waals surface area contributed by atoms with Gasteiger partial charge in [-0.05, 0) is 31.4 Å². The number of likely N-dealkylation sites (tertiary alicyclic amines) is 1. The van der Waals surface area contributed by atoms with Gasteiger partial charge in [0.05, 0.1) is 17.1 Å². The molecule has 0 aliphatic carbocycles. The lowest BCUT2D eigenvalue weighted by Crippen LogP contribution is -2.38. The lowest BCUT2D eigenvalue weighted by molar-refractivity contribution is 0.211. The number of aryl methyl sites for hydroxylation is 1. The number of aromatic nitrogens is 1. The highest BCUT2D eigenvalue weighted by atomic mass is 19.1. The molecular weight excluding hydrogens is 370 g/mol. The van der Waals surface area contributed by atoms with Gasteiger partial charge in [-0.15, -0.1) is 0 Å². The molecule has 1 aromatic heterocycles. The normalized spacial score (nSPS) is 16.4. The molecular formula is C23H28F2N4. The Hall–Kier alpha value is -2.73. The number of rotatable bonds is 7. The molecule has 3 N–H and O–H groups in total. The van der Waals surface area contributed by atoms with Gasteiger partial charge >= 0.3 is 0 Å². The fraction of sp³-hybridized carbons (Fsp3) is 0.348. The van der Waals surface area contributed by atoms with Gasteiger partial charge in [0.25, 0.3) is 0 Å². The summed E-state index contributed by atoms with van der Waals surface area (Å²) < 4.78 is 26.9. The summed E-state index contributed by atoms with van der Waals surface area (Å²) in [6, 6.07) is 12.3. The summed E-state index contributed by atoms with van der Waals surface area (Å²) in [5.74, 6) is -1.14. The minimum atomic E-state index is -0.778. The van der Waals surface area contributed by atoms with Crippen molar-refractivity contribution in [1.82, 2.24) is 9.88 Å². The van der Waals surface area contributed by atoms with Crippen LogP contribution in [0.5, 0.6) is 0 Å². The molecule has 0 unspecified atom stereocenters. The molecule has 0 atom stereocenters. The molecule has 1 aliphatic heterocycles. The van der Waals surface area contributed by atoms with Crippen LogP contribution in [-0.2, 0) is 13.0 Å². The lowest BCUT2D eigenvalue weighted by Gasteiger charge is -2.33. The lowest BCUT2D eigenvalue weighted by atomic mass is 10.0. The Kier molecular flexibility index (Phi) is 7.36. The van der Waals surface area contributed by atoms with Crippen molar-refractivity contribution in [1.29, 1.82) is 0 Å². The fourth-order valence-electron chi connectivity index (χ4n) is 3.56. The number of nitrogens with zero attached hydrogens (tertiary/aromatic N) is 2. The topological polar surface area (TPSA) is 54.2 Å². The second kappa shape index (κ2) is 10.2. The molecule has 1 aliphatic rings. The quantitative estimate of drug-likeness (QED) is 0.534. The van der Waals surface area contributed by atoms with Gasteiger partial charge < -0.3 is 11.1 Å². The summed E-state index contributed by atoms with van der Waals surface area (Å²) in [4.78, 5) is 6.83. The first-order chi connectivity index (χ1) is 14.0. The van der Waals surface area contributed by atoms with Crippen LogP contribution in [0.25, 0.3) is 0 Å². The summed E-state index contributed by atoms with van der Waals surface area (Å²) in [5.41, 5.74) is 8.10. The largest absolute Gasteiger partial charge is 0.381 e. The van der Waals surface area contributed by atoms with Crippen molar-refractivity contribution < 1.29 is 8.78 Å². The van der Waals surface area contributed by atoms with Crippen LogP contribution in [0.3, 0.4) is 0 Å². The van der Waals surface area contributed by atoms with Gasteiger partial charge in [-0.1, -0.05) is 42.5 Å². The van der Waals surface area contributed by atoms with E-state index < -0.39 is 5.95 Å². The Balaban J connectivity index is 1.53. The van der Waals surface area contributed by atoms with E-state index in [9.17, 15) is 8.78 Å². The highest BCUT2D eigenvalue weighted by molar-refractivity contribution is 5.49. The third kappa shape index (κ3) is 6.39. The Morgan fingerprint density at radius 2 is 2.00 bits per heavy atom. The molecule has 3 rings (SSSR count). The van der Waals surface area contributed by atoms with Crippen molar-refractivity contribution in [3.05, 3.63) is 83.3 Å². The first-order valence-electron chi connectivity index (χ1n) is 9.98. The molecule has 0 amide bonds. The van der Waals surface area contributed by atoms with Crippen molar-refractivity contribution in [3.63, 3.8) is 0 Å². The molecule has 0 radical (unpaired) electrons. The van der Waals surface area contributed by atoms with Gasteiger partial charge in [-0.3, -0.25) is 9.88 Å². The zero-order valence-electron chi connectivity index (χ0n) is 16.7. The molecule has 154 valence electrons. The Bertz CT molecular complexity index is 853. The average Bonchev–Trinajstić information content (AvgIpc) is 2.70. The molecule has 1 fully saturated rings. The summed E-state index contributed by atoms with van der Waals surface area (Å²) in [6.07, 6.45) is 6.53. The van der Waals surface area contributed by atoms with E-state index in [0.717, 1.165) is 49.9 Å².